The normalized spacial score (nSPS) is 12.3. The molecule has 1 atom stereocenters. The first-order chi connectivity index (χ1) is 8.79. The Morgan fingerprint density at radius 1 is 1.39 bits per heavy atom. The molecule has 1 heterocycles. The molecule has 18 heavy (non-hydrogen) atoms. The molecule has 0 aliphatic heterocycles. The van der Waals surface area contributed by atoms with Crippen LogP contribution >= 0.6 is 11.6 Å². The Morgan fingerprint density at radius 2 is 2.22 bits per heavy atom. The highest BCUT2D eigenvalue weighted by Crippen LogP contribution is 2.16. The number of nitrogens with one attached hydrogen (secondary N) is 1. The highest BCUT2D eigenvalue weighted by molar-refractivity contribution is 6.18. The van der Waals surface area contributed by atoms with Gasteiger partial charge in [-0.1, -0.05) is 18.2 Å². The zero-order valence-corrected chi connectivity index (χ0v) is 10.7. The summed E-state index contributed by atoms with van der Waals surface area (Å²) in [5, 5.41) is 12.7. The van der Waals surface area contributed by atoms with Crippen LogP contribution in [0.5, 0.6) is 0 Å². The number of hydrogen-bond donors (Lipinski definition) is 2. The number of aliphatic hydroxyl groups excluding tert-OH is 1. The third kappa shape index (κ3) is 3.48. The summed E-state index contributed by atoms with van der Waals surface area (Å²) >= 11 is 5.57. The number of imidazole rings is 1. The Hall–Kier alpha value is -1.52. The zero-order valence-electron chi connectivity index (χ0n) is 9.96. The summed E-state index contributed by atoms with van der Waals surface area (Å²) in [4.78, 5) is 4.02. The maximum atomic E-state index is 9.46. The molecular formula is C13H16ClN3O. The SMILES string of the molecule is OC(CCl)CNc1ccccc1Cn1ccnc1. The molecule has 1 aromatic heterocycles. The fourth-order valence-electron chi connectivity index (χ4n) is 1.69. The Morgan fingerprint density at radius 3 is 2.94 bits per heavy atom. The molecule has 0 aliphatic carbocycles. The van der Waals surface area contributed by atoms with Gasteiger partial charge in [0.25, 0.3) is 0 Å². The van der Waals surface area contributed by atoms with Gasteiger partial charge in [-0.05, 0) is 11.6 Å². The first-order valence-corrected chi connectivity index (χ1v) is 6.34. The van der Waals surface area contributed by atoms with Crippen LogP contribution in [0.4, 0.5) is 5.69 Å². The molecule has 0 saturated carbocycles. The van der Waals surface area contributed by atoms with E-state index >= 15 is 0 Å². The second-order valence-electron chi connectivity index (χ2n) is 4.08. The van der Waals surface area contributed by atoms with Crippen molar-refractivity contribution in [3.05, 3.63) is 48.5 Å². The fourth-order valence-corrected chi connectivity index (χ4v) is 1.80. The highest BCUT2D eigenvalue weighted by atomic mass is 35.5. The first-order valence-electron chi connectivity index (χ1n) is 5.81. The third-order valence-electron chi connectivity index (χ3n) is 2.64. The molecule has 1 unspecified atom stereocenters. The molecule has 1 aromatic carbocycles. The van der Waals surface area contributed by atoms with Crippen LogP contribution in [0.3, 0.4) is 0 Å². The third-order valence-corrected chi connectivity index (χ3v) is 2.99. The second kappa shape index (κ2) is 6.42. The van der Waals surface area contributed by atoms with Crippen molar-refractivity contribution in [1.29, 1.82) is 0 Å². The Balaban J connectivity index is 2.05. The number of halogens is 1. The van der Waals surface area contributed by atoms with Crippen LogP contribution in [0.15, 0.2) is 43.0 Å². The number of alkyl halides is 1. The number of hydrogen-bond acceptors (Lipinski definition) is 3. The molecule has 0 amide bonds. The Labute approximate surface area is 111 Å². The number of para-hydroxylation sites is 1. The molecule has 2 rings (SSSR count). The topological polar surface area (TPSA) is 50.1 Å². The number of aromatic nitrogens is 2. The van der Waals surface area contributed by atoms with Gasteiger partial charge in [0.05, 0.1) is 24.9 Å². The smallest absolute Gasteiger partial charge is 0.0949 e. The van der Waals surface area contributed by atoms with Gasteiger partial charge in [-0.2, -0.15) is 0 Å². The van der Waals surface area contributed by atoms with Gasteiger partial charge in [-0.3, -0.25) is 0 Å². The molecule has 0 bridgehead atoms. The summed E-state index contributed by atoms with van der Waals surface area (Å²) in [6.07, 6.45) is 4.93. The van der Waals surface area contributed by atoms with E-state index in [0.29, 0.717) is 6.54 Å². The average molecular weight is 266 g/mol. The van der Waals surface area contributed by atoms with E-state index in [2.05, 4.69) is 16.4 Å². The van der Waals surface area contributed by atoms with Crippen LogP contribution in [0.25, 0.3) is 0 Å². The zero-order chi connectivity index (χ0) is 12.8. The van der Waals surface area contributed by atoms with Crippen LogP contribution in [0.2, 0.25) is 0 Å². The lowest BCUT2D eigenvalue weighted by Gasteiger charge is -2.14. The van der Waals surface area contributed by atoms with E-state index in [1.807, 2.05) is 29.0 Å². The van der Waals surface area contributed by atoms with E-state index in [1.165, 1.54) is 0 Å². The minimum Gasteiger partial charge on any atom is -0.390 e. The molecule has 0 saturated heterocycles. The molecule has 2 N–H and O–H groups in total. The molecule has 0 spiro atoms. The maximum Gasteiger partial charge on any atom is 0.0949 e. The molecule has 5 heteroatoms. The van der Waals surface area contributed by atoms with Gasteiger partial charge in [0.2, 0.25) is 0 Å². The summed E-state index contributed by atoms with van der Waals surface area (Å²) in [5.74, 6) is 0.233. The molecule has 2 aromatic rings. The highest BCUT2D eigenvalue weighted by Gasteiger charge is 2.05. The summed E-state index contributed by atoms with van der Waals surface area (Å²) in [6.45, 7) is 1.20. The standard InChI is InChI=1S/C13H16ClN3O/c14-7-12(18)8-16-13-4-2-1-3-11(13)9-17-6-5-15-10-17/h1-6,10,12,16,18H,7-9H2. The van der Waals surface area contributed by atoms with Gasteiger partial charge < -0.3 is 15.0 Å². The lowest BCUT2D eigenvalue weighted by atomic mass is 10.1. The van der Waals surface area contributed by atoms with E-state index in [0.717, 1.165) is 17.8 Å². The largest absolute Gasteiger partial charge is 0.390 e. The Bertz CT molecular complexity index is 473. The van der Waals surface area contributed by atoms with Crippen LogP contribution in [0.1, 0.15) is 5.56 Å². The van der Waals surface area contributed by atoms with Crippen LogP contribution in [0, 0.1) is 0 Å². The van der Waals surface area contributed by atoms with Crippen LogP contribution in [-0.2, 0) is 6.54 Å². The van der Waals surface area contributed by atoms with Gasteiger partial charge >= 0.3 is 0 Å². The van der Waals surface area contributed by atoms with Gasteiger partial charge in [0, 0.05) is 24.6 Å². The predicted molar refractivity (Wildman–Crippen MR) is 73.0 cm³/mol. The summed E-state index contributed by atoms with van der Waals surface area (Å²) in [7, 11) is 0. The lowest BCUT2D eigenvalue weighted by Crippen LogP contribution is -2.21. The minimum absolute atomic E-state index is 0.233. The van der Waals surface area contributed by atoms with E-state index in [1.54, 1.807) is 12.5 Å². The van der Waals surface area contributed by atoms with E-state index in [4.69, 9.17) is 11.6 Å². The van der Waals surface area contributed by atoms with Crippen molar-refractivity contribution in [1.82, 2.24) is 9.55 Å². The molecule has 0 fully saturated rings. The number of anilines is 1. The molecule has 96 valence electrons. The number of aliphatic hydroxyl groups is 1. The summed E-state index contributed by atoms with van der Waals surface area (Å²) < 4.78 is 2.00. The number of benzene rings is 1. The van der Waals surface area contributed by atoms with Gasteiger partial charge in [0.15, 0.2) is 0 Å². The average Bonchev–Trinajstić information content (AvgIpc) is 2.90. The molecule has 0 aliphatic rings. The van der Waals surface area contributed by atoms with Crippen molar-refractivity contribution in [2.75, 3.05) is 17.7 Å². The van der Waals surface area contributed by atoms with Crippen molar-refractivity contribution in [2.24, 2.45) is 0 Å². The van der Waals surface area contributed by atoms with E-state index < -0.39 is 6.10 Å². The van der Waals surface area contributed by atoms with Crippen molar-refractivity contribution >= 4 is 17.3 Å². The predicted octanol–water partition coefficient (Wildman–Crippen LogP) is 1.94. The van der Waals surface area contributed by atoms with Crippen molar-refractivity contribution in [3.8, 4) is 0 Å². The molecule has 0 radical (unpaired) electrons. The molecular weight excluding hydrogens is 250 g/mol. The number of nitrogens with zero attached hydrogens (tertiary/aromatic N) is 2. The van der Waals surface area contributed by atoms with Crippen LogP contribution < -0.4 is 5.32 Å². The quantitative estimate of drug-likeness (QED) is 0.785. The Kier molecular flexibility index (Phi) is 4.61. The van der Waals surface area contributed by atoms with Crippen molar-refractivity contribution in [3.63, 3.8) is 0 Å². The lowest BCUT2D eigenvalue weighted by molar-refractivity contribution is 0.211. The first kappa shape index (κ1) is 12.9. The summed E-state index contributed by atoms with van der Waals surface area (Å²) in [5.41, 5.74) is 2.16. The monoisotopic (exact) mass is 265 g/mol. The second-order valence-corrected chi connectivity index (χ2v) is 4.39. The van der Waals surface area contributed by atoms with Crippen molar-refractivity contribution in [2.45, 2.75) is 12.6 Å². The van der Waals surface area contributed by atoms with Gasteiger partial charge in [0.1, 0.15) is 0 Å². The van der Waals surface area contributed by atoms with Crippen molar-refractivity contribution < 1.29 is 5.11 Å². The fraction of sp³-hybridized carbons (Fsp3) is 0.308. The van der Waals surface area contributed by atoms with Gasteiger partial charge in [-0.15, -0.1) is 11.6 Å². The molecule has 4 nitrogen and oxygen atoms in total. The van der Waals surface area contributed by atoms with Gasteiger partial charge in [-0.25, -0.2) is 4.98 Å². The van der Waals surface area contributed by atoms with Crippen LogP contribution in [-0.4, -0.2) is 33.2 Å². The minimum atomic E-state index is -0.534. The maximum absolute atomic E-state index is 9.46. The summed E-state index contributed by atoms with van der Waals surface area (Å²) in [6, 6.07) is 8.00. The van der Waals surface area contributed by atoms with E-state index in [9.17, 15) is 5.11 Å². The number of rotatable bonds is 6. The van der Waals surface area contributed by atoms with E-state index in [-0.39, 0.29) is 5.88 Å².